The van der Waals surface area contributed by atoms with E-state index in [2.05, 4.69) is 51.6 Å². The number of benzene rings is 4. The van der Waals surface area contributed by atoms with Crippen LogP contribution in [0.15, 0.2) is 110 Å². The average Bonchev–Trinajstić information content (AvgIpc) is 3.16. The van der Waals surface area contributed by atoms with Crippen molar-refractivity contribution in [3.05, 3.63) is 137 Å². The number of carbonyl (C=O) groups is 2. The molecule has 0 saturated heterocycles. The van der Waals surface area contributed by atoms with Gasteiger partial charge in [-0.25, -0.2) is 9.59 Å². The molecule has 1 unspecified atom stereocenters. The Morgan fingerprint density at radius 1 is 0.929 bits per heavy atom. The Morgan fingerprint density at radius 3 is 2.05 bits per heavy atom. The lowest BCUT2D eigenvalue weighted by Gasteiger charge is -2.43. The summed E-state index contributed by atoms with van der Waals surface area (Å²) in [5, 5.41) is 14.6. The van der Waals surface area contributed by atoms with Crippen LogP contribution < -0.4 is 19.8 Å². The van der Waals surface area contributed by atoms with Crippen molar-refractivity contribution in [1.29, 1.82) is 0 Å². The van der Waals surface area contributed by atoms with Gasteiger partial charge < -0.3 is 23.4 Å². The number of fused-ring (bicyclic) bond motifs is 1. The zero-order chi connectivity index (χ0) is 40.7. The van der Waals surface area contributed by atoms with Crippen LogP contribution in [0.3, 0.4) is 0 Å². The van der Waals surface area contributed by atoms with Crippen LogP contribution in [0.2, 0.25) is 5.04 Å². The summed E-state index contributed by atoms with van der Waals surface area (Å²) in [5.41, 5.74) is 0.802. The summed E-state index contributed by atoms with van der Waals surface area (Å²) in [6, 6.07) is 30.0. The molecular weight excluding hydrogens is 729 g/mol. The molecule has 12 heteroatoms. The molecule has 0 radical (unpaired) electrons. The summed E-state index contributed by atoms with van der Waals surface area (Å²) in [6.45, 7) is 16.1. The fraction of sp³-hybridized carbons (Fsp3) is 0.364. The number of hydrogen-bond acceptors (Lipinski definition) is 9. The maximum atomic E-state index is 13.4. The second-order valence-corrected chi connectivity index (χ2v) is 20.1. The molecule has 4 aromatic rings. The van der Waals surface area contributed by atoms with Crippen LogP contribution in [0.1, 0.15) is 70.8 Å². The van der Waals surface area contributed by atoms with Crippen molar-refractivity contribution >= 4 is 36.4 Å². The maximum absolute atomic E-state index is 13.4. The minimum atomic E-state index is -2.92. The Labute approximate surface area is 330 Å². The number of ether oxygens (including phenoxy) is 4. The van der Waals surface area contributed by atoms with E-state index in [-0.39, 0.29) is 36.0 Å². The lowest BCUT2D eigenvalue weighted by atomic mass is 9.93. The summed E-state index contributed by atoms with van der Waals surface area (Å²) in [4.78, 5) is 39.7. The smallest absolute Gasteiger partial charge is 0.411 e. The largest absolute Gasteiger partial charge is 0.490 e. The van der Waals surface area contributed by atoms with Gasteiger partial charge in [0.25, 0.3) is 8.32 Å². The molecule has 0 aliphatic carbocycles. The van der Waals surface area contributed by atoms with Crippen LogP contribution in [0.25, 0.3) is 0 Å². The third-order valence-electron chi connectivity index (χ3n) is 9.71. The normalized spacial score (nSPS) is 14.9. The standard InChI is InChI=1S/C44H52N2O9Si/c1-9-25-52-34-22-20-31(21-23-34)39(24-26-53-56(44(5,6)7,35-16-12-10-13-17-35)36-18-14-11-15-19-36)54-40-29-33-30-45(42(48)55-43(2,3)4)38(41(47)51-8)28-32(33)27-37(40)46(49)50/h9-23,27,29,38-39H,1,24-26,28,30H2,2-8H3/t38-,39?/m0/s1. The van der Waals surface area contributed by atoms with Gasteiger partial charge in [-0.05, 0) is 71.1 Å². The molecule has 1 aliphatic rings. The van der Waals surface area contributed by atoms with E-state index in [1.807, 2.05) is 60.7 Å². The molecule has 11 nitrogen and oxygen atoms in total. The lowest BCUT2D eigenvalue weighted by Crippen LogP contribution is -2.66. The molecule has 1 heterocycles. The Hall–Kier alpha value is -5.46. The van der Waals surface area contributed by atoms with Gasteiger partial charge in [-0.2, -0.15) is 0 Å². The summed E-state index contributed by atoms with van der Waals surface area (Å²) in [7, 11) is -1.68. The molecule has 0 spiro atoms. The first-order valence-corrected chi connectivity index (χ1v) is 20.6. The summed E-state index contributed by atoms with van der Waals surface area (Å²) < 4.78 is 30.3. The van der Waals surface area contributed by atoms with Crippen molar-refractivity contribution < 1.29 is 37.9 Å². The molecular formula is C44H52N2O9Si. The fourth-order valence-corrected chi connectivity index (χ4v) is 11.7. The van der Waals surface area contributed by atoms with Crippen molar-refractivity contribution in [3.63, 3.8) is 0 Å². The number of rotatable bonds is 14. The van der Waals surface area contributed by atoms with E-state index in [0.717, 1.165) is 15.9 Å². The molecule has 0 N–H and O–H groups in total. The molecule has 2 atom stereocenters. The van der Waals surface area contributed by atoms with Gasteiger partial charge in [0.1, 0.15) is 30.1 Å². The molecule has 0 aromatic heterocycles. The van der Waals surface area contributed by atoms with Crippen molar-refractivity contribution in [3.8, 4) is 11.5 Å². The van der Waals surface area contributed by atoms with E-state index in [0.29, 0.717) is 29.9 Å². The molecule has 5 rings (SSSR count). The average molecular weight is 781 g/mol. The quantitative estimate of drug-likeness (QED) is 0.0411. The fourth-order valence-electron chi connectivity index (χ4n) is 7.16. The van der Waals surface area contributed by atoms with E-state index in [1.54, 1.807) is 32.9 Å². The van der Waals surface area contributed by atoms with Gasteiger partial charge in [0.2, 0.25) is 0 Å². The first-order chi connectivity index (χ1) is 26.6. The van der Waals surface area contributed by atoms with E-state index < -0.39 is 43.1 Å². The Balaban J connectivity index is 1.54. The van der Waals surface area contributed by atoms with Gasteiger partial charge >= 0.3 is 17.7 Å². The topological polar surface area (TPSA) is 127 Å². The predicted octanol–water partition coefficient (Wildman–Crippen LogP) is 8.08. The van der Waals surface area contributed by atoms with Crippen molar-refractivity contribution in [1.82, 2.24) is 4.90 Å². The van der Waals surface area contributed by atoms with Crippen LogP contribution in [0.4, 0.5) is 10.5 Å². The zero-order valence-corrected chi connectivity index (χ0v) is 34.3. The molecule has 1 aliphatic heterocycles. The van der Waals surface area contributed by atoms with Crippen LogP contribution in [0, 0.1) is 10.1 Å². The number of nitrogens with zero attached hydrogens (tertiary/aromatic N) is 2. The van der Waals surface area contributed by atoms with Crippen molar-refractivity contribution in [2.24, 2.45) is 0 Å². The highest BCUT2D eigenvalue weighted by atomic mass is 28.4. The number of esters is 1. The molecule has 4 aromatic carbocycles. The van der Waals surface area contributed by atoms with Crippen LogP contribution in [-0.2, 0) is 31.7 Å². The van der Waals surface area contributed by atoms with Gasteiger partial charge in [-0.3, -0.25) is 15.0 Å². The Bertz CT molecular complexity index is 1950. The highest BCUT2D eigenvalue weighted by Gasteiger charge is 2.50. The van der Waals surface area contributed by atoms with E-state index in [9.17, 15) is 19.7 Å². The molecule has 0 fully saturated rings. The minimum Gasteiger partial charge on any atom is -0.490 e. The van der Waals surface area contributed by atoms with Crippen LogP contribution in [-0.4, -0.2) is 62.2 Å². The van der Waals surface area contributed by atoms with Crippen LogP contribution >= 0.6 is 0 Å². The molecule has 56 heavy (non-hydrogen) atoms. The predicted molar refractivity (Wildman–Crippen MR) is 218 cm³/mol. The first kappa shape index (κ1) is 41.7. The number of carbonyl (C=O) groups excluding carboxylic acids is 2. The van der Waals surface area contributed by atoms with Crippen LogP contribution in [0.5, 0.6) is 11.5 Å². The minimum absolute atomic E-state index is 0.00426. The first-order valence-electron chi connectivity index (χ1n) is 18.7. The number of hydrogen-bond donors (Lipinski definition) is 0. The number of nitro benzene ring substituents is 1. The molecule has 0 bridgehead atoms. The number of methoxy groups -OCH3 is 1. The zero-order valence-electron chi connectivity index (χ0n) is 33.3. The molecule has 1 amide bonds. The van der Waals surface area contributed by atoms with E-state index in [4.69, 9.17) is 23.4 Å². The Morgan fingerprint density at radius 2 is 1.54 bits per heavy atom. The Kier molecular flexibility index (Phi) is 13.1. The summed E-state index contributed by atoms with van der Waals surface area (Å²) >= 11 is 0. The third kappa shape index (κ3) is 9.48. The highest BCUT2D eigenvalue weighted by molar-refractivity contribution is 6.99. The van der Waals surface area contributed by atoms with Gasteiger partial charge in [0, 0.05) is 25.5 Å². The van der Waals surface area contributed by atoms with Gasteiger partial charge in [-0.15, -0.1) is 0 Å². The van der Waals surface area contributed by atoms with E-state index in [1.165, 1.54) is 18.1 Å². The molecule has 0 saturated carbocycles. The highest BCUT2D eigenvalue weighted by Crippen LogP contribution is 2.40. The second-order valence-electron chi connectivity index (χ2n) is 15.8. The summed E-state index contributed by atoms with van der Waals surface area (Å²) in [6.07, 6.45) is 0.627. The SMILES string of the molecule is C=CCOc1ccc(C(CCO[Si](c2ccccc2)(c2ccccc2)C(C)(C)C)Oc2cc3c(cc2[N+](=O)[O-])C[C@@H](C(=O)OC)N(C(=O)OC(C)(C)C)C3)cc1. The maximum Gasteiger partial charge on any atom is 0.411 e. The van der Waals surface area contributed by atoms with Gasteiger partial charge in [0.05, 0.1) is 18.6 Å². The molecule has 296 valence electrons. The lowest BCUT2D eigenvalue weighted by molar-refractivity contribution is -0.386. The van der Waals surface area contributed by atoms with Gasteiger partial charge in [-0.1, -0.05) is 106 Å². The monoisotopic (exact) mass is 780 g/mol. The van der Waals surface area contributed by atoms with Crippen molar-refractivity contribution in [2.45, 2.75) is 83.7 Å². The summed E-state index contributed by atoms with van der Waals surface area (Å²) in [5.74, 6) is 0.0147. The second kappa shape index (κ2) is 17.6. The van der Waals surface area contributed by atoms with Gasteiger partial charge in [0.15, 0.2) is 5.75 Å². The van der Waals surface area contributed by atoms with E-state index >= 15 is 0 Å². The van der Waals surface area contributed by atoms with Crippen molar-refractivity contribution in [2.75, 3.05) is 20.3 Å². The number of nitro groups is 1. The third-order valence-corrected chi connectivity index (χ3v) is 14.8. The number of amides is 1.